The molecule has 2 N–H and O–H groups in total. The van der Waals surface area contributed by atoms with Gasteiger partial charge in [-0.15, -0.1) is 0 Å². The van der Waals surface area contributed by atoms with Gasteiger partial charge in [-0.2, -0.15) is 0 Å². The monoisotopic (exact) mass is 379 g/mol. The highest BCUT2D eigenvalue weighted by Gasteiger charge is 2.13. The molecule has 0 aliphatic rings. The van der Waals surface area contributed by atoms with Crippen LogP contribution in [0.15, 0.2) is 65.2 Å². The van der Waals surface area contributed by atoms with Gasteiger partial charge in [0, 0.05) is 35.1 Å². The van der Waals surface area contributed by atoms with Gasteiger partial charge in [0.05, 0.1) is 31.8 Å². The maximum atomic E-state index is 6.04. The lowest BCUT2D eigenvalue weighted by molar-refractivity contribution is 0.355. The van der Waals surface area contributed by atoms with E-state index in [-0.39, 0.29) is 0 Å². The van der Waals surface area contributed by atoms with Crippen molar-refractivity contribution in [3.8, 4) is 22.8 Å². The van der Waals surface area contributed by atoms with Gasteiger partial charge in [-0.25, -0.2) is 9.97 Å². The fourth-order valence-corrected chi connectivity index (χ4v) is 3.59. The quantitative estimate of drug-likeness (QED) is 0.531. The second-order valence-corrected chi connectivity index (χ2v) is 6.67. The molecule has 27 heavy (non-hydrogen) atoms. The lowest BCUT2D eigenvalue weighted by Gasteiger charge is -2.11. The molecule has 4 rings (SSSR count). The molecule has 0 radical (unpaired) electrons. The standard InChI is InChI=1S/C19H17N5O2S/c1-25-15-4-3-12(9-16(15)26-2)14-10-18-22-7-8-24(18)19(23-14)27-17-5-6-21-11-13(17)20/h3-11H,20H2,1-2H3. The first-order valence-corrected chi connectivity index (χ1v) is 8.95. The summed E-state index contributed by atoms with van der Waals surface area (Å²) in [5, 5.41) is 0.757. The van der Waals surface area contributed by atoms with Gasteiger partial charge in [0.15, 0.2) is 16.7 Å². The van der Waals surface area contributed by atoms with Crippen LogP contribution in [0.2, 0.25) is 0 Å². The van der Waals surface area contributed by atoms with Crippen LogP contribution >= 0.6 is 11.8 Å². The number of imidazole rings is 1. The molecule has 0 atom stereocenters. The van der Waals surface area contributed by atoms with E-state index in [1.165, 1.54) is 11.8 Å². The van der Waals surface area contributed by atoms with Crippen molar-refractivity contribution in [2.75, 3.05) is 20.0 Å². The summed E-state index contributed by atoms with van der Waals surface area (Å²) in [4.78, 5) is 14.2. The fraction of sp³-hybridized carbons (Fsp3) is 0.105. The molecule has 0 fully saturated rings. The number of pyridine rings is 1. The fourth-order valence-electron chi connectivity index (χ4n) is 2.70. The molecule has 3 heterocycles. The Bertz CT molecular complexity index is 1110. The Morgan fingerprint density at radius 1 is 1.04 bits per heavy atom. The second kappa shape index (κ2) is 7.16. The van der Waals surface area contributed by atoms with E-state index in [1.54, 1.807) is 32.8 Å². The third-order valence-electron chi connectivity index (χ3n) is 4.05. The molecule has 0 bridgehead atoms. The highest BCUT2D eigenvalue weighted by molar-refractivity contribution is 7.99. The predicted molar refractivity (Wildman–Crippen MR) is 104 cm³/mol. The largest absolute Gasteiger partial charge is 0.493 e. The summed E-state index contributed by atoms with van der Waals surface area (Å²) < 4.78 is 12.7. The molecule has 0 amide bonds. The topological polar surface area (TPSA) is 87.6 Å². The molecule has 0 unspecified atom stereocenters. The van der Waals surface area contributed by atoms with Crippen LogP contribution in [0.4, 0.5) is 5.69 Å². The summed E-state index contributed by atoms with van der Waals surface area (Å²) in [5.41, 5.74) is 9.13. The van der Waals surface area contributed by atoms with Gasteiger partial charge < -0.3 is 15.2 Å². The van der Waals surface area contributed by atoms with Crippen molar-refractivity contribution in [3.63, 3.8) is 0 Å². The number of fused-ring (bicyclic) bond motifs is 1. The molecule has 7 nitrogen and oxygen atoms in total. The number of nitrogen functional groups attached to an aromatic ring is 1. The van der Waals surface area contributed by atoms with Crippen LogP contribution < -0.4 is 15.2 Å². The normalized spacial score (nSPS) is 10.9. The van der Waals surface area contributed by atoms with Gasteiger partial charge in [0.2, 0.25) is 0 Å². The lowest BCUT2D eigenvalue weighted by atomic mass is 10.1. The maximum absolute atomic E-state index is 6.04. The number of methoxy groups -OCH3 is 2. The number of benzene rings is 1. The van der Waals surface area contributed by atoms with Crippen LogP contribution in [0, 0.1) is 0 Å². The van der Waals surface area contributed by atoms with Gasteiger partial charge >= 0.3 is 0 Å². The molecule has 3 aromatic heterocycles. The van der Waals surface area contributed by atoms with Crippen molar-refractivity contribution >= 4 is 23.1 Å². The zero-order valence-corrected chi connectivity index (χ0v) is 15.6. The average molecular weight is 379 g/mol. The minimum atomic E-state index is 0.606. The van der Waals surface area contributed by atoms with Crippen LogP contribution in [0.1, 0.15) is 0 Å². The van der Waals surface area contributed by atoms with Gasteiger partial charge in [-0.3, -0.25) is 9.38 Å². The highest BCUT2D eigenvalue weighted by atomic mass is 32.2. The SMILES string of the molecule is COc1ccc(-c2cc3nccn3c(Sc3ccncc3N)n2)cc1OC. The van der Waals surface area contributed by atoms with E-state index in [2.05, 4.69) is 9.97 Å². The van der Waals surface area contributed by atoms with Crippen molar-refractivity contribution in [3.05, 3.63) is 55.1 Å². The van der Waals surface area contributed by atoms with E-state index in [4.69, 9.17) is 20.2 Å². The summed E-state index contributed by atoms with van der Waals surface area (Å²) >= 11 is 1.47. The van der Waals surface area contributed by atoms with Crippen molar-refractivity contribution in [2.45, 2.75) is 10.1 Å². The molecule has 8 heteroatoms. The summed E-state index contributed by atoms with van der Waals surface area (Å²) in [7, 11) is 3.22. The molecular weight excluding hydrogens is 362 g/mol. The molecule has 0 spiro atoms. The van der Waals surface area contributed by atoms with Crippen molar-refractivity contribution in [1.29, 1.82) is 0 Å². The Morgan fingerprint density at radius 2 is 1.89 bits per heavy atom. The number of aromatic nitrogens is 4. The van der Waals surface area contributed by atoms with Crippen molar-refractivity contribution in [1.82, 2.24) is 19.4 Å². The minimum absolute atomic E-state index is 0.606. The van der Waals surface area contributed by atoms with Crippen LogP contribution in [0.3, 0.4) is 0 Å². The maximum Gasteiger partial charge on any atom is 0.179 e. The first kappa shape index (κ1) is 17.2. The Balaban J connectivity index is 1.82. The van der Waals surface area contributed by atoms with Gasteiger partial charge in [-0.05, 0) is 36.0 Å². The highest BCUT2D eigenvalue weighted by Crippen LogP contribution is 2.35. The van der Waals surface area contributed by atoms with Crippen molar-refractivity contribution in [2.24, 2.45) is 0 Å². The van der Waals surface area contributed by atoms with E-state index in [1.807, 2.05) is 40.9 Å². The van der Waals surface area contributed by atoms with Crippen molar-refractivity contribution < 1.29 is 9.47 Å². The summed E-state index contributed by atoms with van der Waals surface area (Å²) in [5.74, 6) is 1.31. The van der Waals surface area contributed by atoms with Gasteiger partial charge in [0.25, 0.3) is 0 Å². The van der Waals surface area contributed by atoms with E-state index in [0.717, 1.165) is 27.0 Å². The lowest BCUT2D eigenvalue weighted by Crippen LogP contribution is -1.98. The molecule has 0 saturated heterocycles. The third kappa shape index (κ3) is 3.26. The van der Waals surface area contributed by atoms with E-state index in [9.17, 15) is 0 Å². The van der Waals surface area contributed by atoms with Gasteiger partial charge in [0.1, 0.15) is 5.65 Å². The number of nitrogens with two attached hydrogens (primary N) is 1. The average Bonchev–Trinajstić information content (AvgIpc) is 3.18. The summed E-state index contributed by atoms with van der Waals surface area (Å²) in [6, 6.07) is 9.50. The molecule has 136 valence electrons. The van der Waals surface area contributed by atoms with Crippen LogP contribution in [0.25, 0.3) is 16.9 Å². The van der Waals surface area contributed by atoms with E-state index in [0.29, 0.717) is 17.2 Å². The molecule has 0 saturated carbocycles. The summed E-state index contributed by atoms with van der Waals surface area (Å²) in [6.45, 7) is 0. The van der Waals surface area contributed by atoms with E-state index < -0.39 is 0 Å². The van der Waals surface area contributed by atoms with Gasteiger partial charge in [-0.1, -0.05) is 0 Å². The number of nitrogens with zero attached hydrogens (tertiary/aromatic N) is 4. The zero-order chi connectivity index (χ0) is 18.8. The molecule has 0 aliphatic carbocycles. The second-order valence-electron chi connectivity index (χ2n) is 5.66. The molecule has 4 aromatic rings. The molecule has 1 aromatic carbocycles. The first-order chi connectivity index (χ1) is 13.2. The Kier molecular flexibility index (Phi) is 4.55. The molecular formula is C19H17N5O2S. The summed E-state index contributed by atoms with van der Waals surface area (Å²) in [6.07, 6.45) is 6.96. The smallest absolute Gasteiger partial charge is 0.179 e. The van der Waals surface area contributed by atoms with Crippen LogP contribution in [0.5, 0.6) is 11.5 Å². The predicted octanol–water partition coefficient (Wildman–Crippen LogP) is 3.54. The number of ether oxygens (including phenoxy) is 2. The number of hydrogen-bond donors (Lipinski definition) is 1. The Morgan fingerprint density at radius 3 is 2.67 bits per heavy atom. The zero-order valence-electron chi connectivity index (χ0n) is 14.8. The Hall–Kier alpha value is -3.26. The Labute approximate surface area is 160 Å². The number of rotatable bonds is 5. The molecule has 0 aliphatic heterocycles. The third-order valence-corrected chi connectivity index (χ3v) is 5.11. The minimum Gasteiger partial charge on any atom is -0.493 e. The first-order valence-electron chi connectivity index (χ1n) is 8.13. The van der Waals surface area contributed by atoms with Crippen LogP contribution in [-0.2, 0) is 0 Å². The number of anilines is 1. The van der Waals surface area contributed by atoms with E-state index >= 15 is 0 Å². The van der Waals surface area contributed by atoms with Crippen LogP contribution in [-0.4, -0.2) is 33.6 Å². The number of hydrogen-bond acceptors (Lipinski definition) is 7.